The Hall–Kier alpha value is -1.79. The lowest BCUT2D eigenvalue weighted by atomic mass is 10.3. The number of aromatic nitrogens is 1. The number of nitrogens with zero attached hydrogens (tertiary/aromatic N) is 2. The standard InChI is InChI=1S/C11H9ClN2O3S/c1-16-7-2-4-8(5-3-7)17-11-13-6-9(18-11)10(12)14-15/h2-6,15H,1H3/b14-10-. The van der Waals surface area contributed by atoms with Gasteiger partial charge in [0.1, 0.15) is 11.5 Å². The average Bonchev–Trinajstić information content (AvgIpc) is 2.87. The van der Waals surface area contributed by atoms with Crippen LogP contribution in [0.15, 0.2) is 35.6 Å². The molecule has 5 nitrogen and oxygen atoms in total. The lowest BCUT2D eigenvalue weighted by molar-refractivity contribution is 0.321. The van der Waals surface area contributed by atoms with Crippen molar-refractivity contribution >= 4 is 28.1 Å². The van der Waals surface area contributed by atoms with E-state index in [0.717, 1.165) is 5.75 Å². The van der Waals surface area contributed by atoms with Crippen molar-refractivity contribution in [1.29, 1.82) is 0 Å². The Morgan fingerprint density at radius 3 is 2.61 bits per heavy atom. The van der Waals surface area contributed by atoms with Crippen molar-refractivity contribution in [3.05, 3.63) is 35.3 Å². The predicted molar refractivity (Wildman–Crippen MR) is 69.4 cm³/mol. The maximum Gasteiger partial charge on any atom is 0.279 e. The van der Waals surface area contributed by atoms with Gasteiger partial charge in [-0.2, -0.15) is 0 Å². The minimum Gasteiger partial charge on any atom is -0.497 e. The smallest absolute Gasteiger partial charge is 0.279 e. The molecule has 0 radical (unpaired) electrons. The molecule has 94 valence electrons. The molecule has 1 aromatic carbocycles. The van der Waals surface area contributed by atoms with Crippen molar-refractivity contribution in [2.45, 2.75) is 0 Å². The summed E-state index contributed by atoms with van der Waals surface area (Å²) >= 11 is 6.83. The molecule has 0 fully saturated rings. The lowest BCUT2D eigenvalue weighted by Crippen LogP contribution is -1.84. The van der Waals surface area contributed by atoms with Crippen LogP contribution in [0.1, 0.15) is 4.88 Å². The van der Waals surface area contributed by atoms with Crippen LogP contribution in [0.2, 0.25) is 0 Å². The quantitative estimate of drug-likeness (QED) is 0.531. The topological polar surface area (TPSA) is 63.9 Å². The molecule has 0 aliphatic heterocycles. The number of hydrogen-bond donors (Lipinski definition) is 1. The molecule has 2 rings (SSSR count). The Bertz CT molecular complexity index is 554. The lowest BCUT2D eigenvalue weighted by Gasteiger charge is -2.02. The highest BCUT2D eigenvalue weighted by molar-refractivity contribution is 7.17. The van der Waals surface area contributed by atoms with Gasteiger partial charge < -0.3 is 14.7 Å². The van der Waals surface area contributed by atoms with Crippen LogP contribution < -0.4 is 9.47 Å². The van der Waals surface area contributed by atoms with E-state index in [1.54, 1.807) is 31.4 Å². The molecule has 0 spiro atoms. The van der Waals surface area contributed by atoms with E-state index in [0.29, 0.717) is 15.8 Å². The van der Waals surface area contributed by atoms with Gasteiger partial charge in [-0.25, -0.2) is 4.98 Å². The normalized spacial score (nSPS) is 11.3. The van der Waals surface area contributed by atoms with Gasteiger partial charge in [-0.1, -0.05) is 28.1 Å². The van der Waals surface area contributed by atoms with Crippen LogP contribution in [0.3, 0.4) is 0 Å². The molecule has 1 heterocycles. The van der Waals surface area contributed by atoms with Gasteiger partial charge in [0, 0.05) is 0 Å². The van der Waals surface area contributed by atoms with Gasteiger partial charge >= 0.3 is 0 Å². The van der Waals surface area contributed by atoms with E-state index in [9.17, 15) is 0 Å². The van der Waals surface area contributed by atoms with E-state index in [-0.39, 0.29) is 5.17 Å². The number of oxime groups is 1. The second kappa shape index (κ2) is 5.70. The Kier molecular flexibility index (Phi) is 4.01. The van der Waals surface area contributed by atoms with E-state index in [1.807, 2.05) is 0 Å². The first-order chi connectivity index (χ1) is 8.72. The summed E-state index contributed by atoms with van der Waals surface area (Å²) in [7, 11) is 1.60. The maximum atomic E-state index is 8.53. The summed E-state index contributed by atoms with van der Waals surface area (Å²) in [5, 5.41) is 11.8. The molecule has 0 saturated carbocycles. The van der Waals surface area contributed by atoms with E-state index in [1.165, 1.54) is 17.5 Å². The van der Waals surface area contributed by atoms with Crippen LogP contribution in [0.5, 0.6) is 16.7 Å². The Morgan fingerprint density at radius 1 is 1.33 bits per heavy atom. The number of hydrogen-bond acceptors (Lipinski definition) is 6. The first-order valence-electron chi connectivity index (χ1n) is 4.88. The second-order valence-electron chi connectivity index (χ2n) is 3.16. The molecule has 1 N–H and O–H groups in total. The van der Waals surface area contributed by atoms with Gasteiger partial charge in [-0.3, -0.25) is 0 Å². The van der Waals surface area contributed by atoms with Crippen LogP contribution in [-0.2, 0) is 0 Å². The Balaban J connectivity index is 2.11. The van der Waals surface area contributed by atoms with Crippen molar-refractivity contribution in [3.8, 4) is 16.7 Å². The number of rotatable bonds is 4. The van der Waals surface area contributed by atoms with Gasteiger partial charge in [0.05, 0.1) is 18.2 Å². The van der Waals surface area contributed by atoms with Crippen LogP contribution in [0.25, 0.3) is 0 Å². The molecule has 0 aliphatic rings. The highest BCUT2D eigenvalue weighted by atomic mass is 35.5. The molecule has 0 aliphatic carbocycles. The van der Waals surface area contributed by atoms with Gasteiger partial charge in [-0.05, 0) is 24.3 Å². The molecular formula is C11H9ClN2O3S. The fourth-order valence-electron chi connectivity index (χ4n) is 1.19. The van der Waals surface area contributed by atoms with Crippen LogP contribution in [0, 0.1) is 0 Å². The van der Waals surface area contributed by atoms with Crippen molar-refractivity contribution in [2.24, 2.45) is 5.16 Å². The third kappa shape index (κ3) is 2.91. The fourth-order valence-corrected chi connectivity index (χ4v) is 2.02. The number of methoxy groups -OCH3 is 1. The first kappa shape index (κ1) is 12.7. The summed E-state index contributed by atoms with van der Waals surface area (Å²) in [4.78, 5) is 4.54. The monoisotopic (exact) mass is 284 g/mol. The zero-order valence-corrected chi connectivity index (χ0v) is 10.9. The summed E-state index contributed by atoms with van der Waals surface area (Å²) < 4.78 is 10.5. The molecule has 0 unspecified atom stereocenters. The van der Waals surface area contributed by atoms with E-state index in [2.05, 4.69) is 10.1 Å². The minimum absolute atomic E-state index is 0.0166. The van der Waals surface area contributed by atoms with E-state index < -0.39 is 0 Å². The van der Waals surface area contributed by atoms with Gasteiger partial charge in [0.15, 0.2) is 5.17 Å². The van der Waals surface area contributed by atoms with Crippen molar-refractivity contribution in [3.63, 3.8) is 0 Å². The summed E-state index contributed by atoms with van der Waals surface area (Å²) in [6.45, 7) is 0. The molecule has 1 aromatic heterocycles. The molecule has 0 bridgehead atoms. The Labute approximate surface area is 112 Å². The predicted octanol–water partition coefficient (Wildman–Crippen LogP) is 3.32. The third-order valence-corrected chi connectivity index (χ3v) is 3.31. The van der Waals surface area contributed by atoms with Crippen molar-refractivity contribution in [2.75, 3.05) is 7.11 Å². The van der Waals surface area contributed by atoms with E-state index >= 15 is 0 Å². The summed E-state index contributed by atoms with van der Waals surface area (Å²) in [5.74, 6) is 1.38. The molecule has 2 aromatic rings. The largest absolute Gasteiger partial charge is 0.497 e. The highest BCUT2D eigenvalue weighted by Gasteiger charge is 2.08. The highest BCUT2D eigenvalue weighted by Crippen LogP contribution is 2.28. The summed E-state index contributed by atoms with van der Waals surface area (Å²) in [6.07, 6.45) is 1.48. The molecule has 0 atom stereocenters. The third-order valence-electron chi connectivity index (χ3n) is 2.04. The molecule has 7 heteroatoms. The maximum absolute atomic E-state index is 8.53. The zero-order chi connectivity index (χ0) is 13.0. The van der Waals surface area contributed by atoms with Crippen molar-refractivity contribution < 1.29 is 14.7 Å². The van der Waals surface area contributed by atoms with Crippen molar-refractivity contribution in [1.82, 2.24) is 4.98 Å². The molecular weight excluding hydrogens is 276 g/mol. The first-order valence-corrected chi connectivity index (χ1v) is 6.08. The van der Waals surface area contributed by atoms with Crippen LogP contribution in [0.4, 0.5) is 0 Å². The average molecular weight is 285 g/mol. The second-order valence-corrected chi connectivity index (χ2v) is 4.51. The SMILES string of the molecule is COc1ccc(Oc2ncc(/C(Cl)=N/O)s2)cc1. The van der Waals surface area contributed by atoms with Crippen LogP contribution >= 0.6 is 22.9 Å². The zero-order valence-electron chi connectivity index (χ0n) is 9.33. The summed E-state index contributed by atoms with van der Waals surface area (Å²) in [6, 6.07) is 7.10. The fraction of sp³-hybridized carbons (Fsp3) is 0.0909. The number of ether oxygens (including phenoxy) is 2. The molecule has 0 saturated heterocycles. The van der Waals surface area contributed by atoms with Gasteiger partial charge in [0.2, 0.25) is 0 Å². The summed E-state index contributed by atoms with van der Waals surface area (Å²) in [5.41, 5.74) is 0. The number of benzene rings is 1. The van der Waals surface area contributed by atoms with Gasteiger partial charge in [0.25, 0.3) is 5.19 Å². The Morgan fingerprint density at radius 2 is 2.00 bits per heavy atom. The molecule has 18 heavy (non-hydrogen) atoms. The molecule has 0 amide bonds. The minimum atomic E-state index is -0.0166. The van der Waals surface area contributed by atoms with E-state index in [4.69, 9.17) is 26.3 Å². The number of halogens is 1. The van der Waals surface area contributed by atoms with Crippen LogP contribution in [-0.4, -0.2) is 22.5 Å². The number of thiazole rings is 1. The van der Waals surface area contributed by atoms with Gasteiger partial charge in [-0.15, -0.1) is 0 Å².